The van der Waals surface area contributed by atoms with Crippen molar-refractivity contribution in [3.63, 3.8) is 0 Å². The predicted molar refractivity (Wildman–Crippen MR) is 76.3 cm³/mol. The molecule has 1 saturated carbocycles. The van der Waals surface area contributed by atoms with Gasteiger partial charge in [0.25, 0.3) is 0 Å². The van der Waals surface area contributed by atoms with Gasteiger partial charge in [0, 0.05) is 25.5 Å². The van der Waals surface area contributed by atoms with Gasteiger partial charge in [0.2, 0.25) is 0 Å². The van der Waals surface area contributed by atoms with Gasteiger partial charge in [-0.3, -0.25) is 10.1 Å². The highest BCUT2D eigenvalue weighted by atomic mass is 35.5. The zero-order valence-electron chi connectivity index (χ0n) is 11.4. The molecule has 1 aromatic rings. The largest absolute Gasteiger partial charge is 0.483 e. The third-order valence-electron chi connectivity index (χ3n) is 3.58. The molecule has 2 atom stereocenters. The van der Waals surface area contributed by atoms with Gasteiger partial charge >= 0.3 is 5.69 Å². The number of nitro benzene ring substituents is 1. The summed E-state index contributed by atoms with van der Waals surface area (Å²) < 4.78 is 11.2. The summed E-state index contributed by atoms with van der Waals surface area (Å²) in [5.74, 6) is 0.557. The van der Waals surface area contributed by atoms with Crippen molar-refractivity contribution in [2.75, 3.05) is 7.11 Å². The molecule has 6 heteroatoms. The predicted octanol–water partition coefficient (Wildman–Crippen LogP) is 3.67. The van der Waals surface area contributed by atoms with Gasteiger partial charge in [-0.25, -0.2) is 0 Å². The number of nitro groups is 1. The van der Waals surface area contributed by atoms with Crippen molar-refractivity contribution < 1.29 is 14.4 Å². The molecule has 0 radical (unpaired) electrons. The molecule has 0 bridgehead atoms. The fourth-order valence-corrected chi connectivity index (χ4v) is 2.66. The van der Waals surface area contributed by atoms with Gasteiger partial charge < -0.3 is 9.47 Å². The summed E-state index contributed by atoms with van der Waals surface area (Å²) in [5.41, 5.74) is 0.687. The van der Waals surface area contributed by atoms with Crippen molar-refractivity contribution >= 4 is 17.3 Å². The molecule has 0 N–H and O–H groups in total. The van der Waals surface area contributed by atoms with E-state index >= 15 is 0 Å². The summed E-state index contributed by atoms with van der Waals surface area (Å²) in [5, 5.41) is 11.1. The van der Waals surface area contributed by atoms with Crippen LogP contribution in [0.3, 0.4) is 0 Å². The van der Waals surface area contributed by atoms with Gasteiger partial charge in [0.05, 0.1) is 11.0 Å². The van der Waals surface area contributed by atoms with Crippen molar-refractivity contribution in [1.29, 1.82) is 0 Å². The van der Waals surface area contributed by atoms with E-state index in [1.54, 1.807) is 19.2 Å². The Morgan fingerprint density at radius 3 is 2.80 bits per heavy atom. The number of methoxy groups -OCH3 is 1. The molecule has 0 heterocycles. The molecule has 2 rings (SSSR count). The highest BCUT2D eigenvalue weighted by Crippen LogP contribution is 2.32. The van der Waals surface area contributed by atoms with Crippen LogP contribution in [0, 0.1) is 10.1 Å². The molecular formula is C14H18ClNO4. The second kappa shape index (κ2) is 6.90. The van der Waals surface area contributed by atoms with Crippen LogP contribution in [0.5, 0.6) is 5.75 Å². The number of benzene rings is 1. The molecule has 1 aliphatic carbocycles. The van der Waals surface area contributed by atoms with Crippen LogP contribution in [0.4, 0.5) is 5.69 Å². The Hall–Kier alpha value is -1.33. The minimum Gasteiger partial charge on any atom is -0.483 e. The average molecular weight is 300 g/mol. The van der Waals surface area contributed by atoms with Crippen LogP contribution in [-0.4, -0.2) is 24.2 Å². The number of nitrogens with zero attached hydrogens (tertiary/aromatic N) is 1. The summed E-state index contributed by atoms with van der Waals surface area (Å²) >= 11 is 5.71. The van der Waals surface area contributed by atoms with Gasteiger partial charge in [-0.1, -0.05) is 6.07 Å². The molecule has 1 aromatic carbocycles. The van der Waals surface area contributed by atoms with Gasteiger partial charge in [0.1, 0.15) is 6.10 Å². The summed E-state index contributed by atoms with van der Waals surface area (Å²) in [7, 11) is 1.69. The quantitative estimate of drug-likeness (QED) is 0.473. The lowest BCUT2D eigenvalue weighted by molar-refractivity contribution is -0.386. The van der Waals surface area contributed by atoms with Crippen molar-refractivity contribution in [2.45, 2.75) is 43.8 Å². The van der Waals surface area contributed by atoms with E-state index in [0.29, 0.717) is 11.3 Å². The lowest BCUT2D eigenvalue weighted by Crippen LogP contribution is -2.29. The topological polar surface area (TPSA) is 61.6 Å². The number of ether oxygens (including phenoxy) is 2. The fourth-order valence-electron chi connectivity index (χ4n) is 2.49. The number of hydrogen-bond acceptors (Lipinski definition) is 4. The van der Waals surface area contributed by atoms with Crippen LogP contribution in [0.1, 0.15) is 31.2 Å². The lowest BCUT2D eigenvalue weighted by atomic mass is 9.95. The van der Waals surface area contributed by atoms with E-state index in [1.807, 2.05) is 0 Å². The monoisotopic (exact) mass is 299 g/mol. The third kappa shape index (κ3) is 3.61. The van der Waals surface area contributed by atoms with Crippen molar-refractivity contribution in [3.05, 3.63) is 33.9 Å². The Balaban J connectivity index is 2.14. The molecule has 0 aromatic heterocycles. The van der Waals surface area contributed by atoms with E-state index in [9.17, 15) is 10.1 Å². The third-order valence-corrected chi connectivity index (χ3v) is 3.89. The number of halogens is 1. The first-order valence-corrected chi connectivity index (χ1v) is 7.20. The zero-order valence-corrected chi connectivity index (χ0v) is 12.1. The molecule has 5 nitrogen and oxygen atoms in total. The maximum atomic E-state index is 11.1. The summed E-state index contributed by atoms with van der Waals surface area (Å²) in [6.07, 6.45) is 3.84. The van der Waals surface area contributed by atoms with E-state index in [0.717, 1.165) is 25.7 Å². The van der Waals surface area contributed by atoms with Crippen LogP contribution in [0.2, 0.25) is 0 Å². The van der Waals surface area contributed by atoms with Crippen LogP contribution in [0.15, 0.2) is 18.2 Å². The summed E-state index contributed by atoms with van der Waals surface area (Å²) in [6.45, 7) is 0. The smallest absolute Gasteiger partial charge is 0.311 e. The second-order valence-corrected chi connectivity index (χ2v) is 5.22. The zero-order chi connectivity index (χ0) is 14.5. The first-order chi connectivity index (χ1) is 9.63. The molecule has 1 aliphatic rings. The average Bonchev–Trinajstić information content (AvgIpc) is 2.47. The Kier molecular flexibility index (Phi) is 5.20. The van der Waals surface area contributed by atoms with Gasteiger partial charge in [0.15, 0.2) is 5.75 Å². The standard InChI is InChI=1S/C14H18ClNO4/c1-19-11-3-2-4-12(8-11)20-14-6-5-10(9-15)7-13(14)16(17)18/h5-7,11-12H,2-4,8-9H2,1H3. The van der Waals surface area contributed by atoms with Crippen LogP contribution < -0.4 is 4.74 Å². The highest BCUT2D eigenvalue weighted by Gasteiger charge is 2.25. The molecule has 0 aliphatic heterocycles. The van der Waals surface area contributed by atoms with Gasteiger partial charge in [-0.2, -0.15) is 0 Å². The Labute approximate surface area is 123 Å². The summed E-state index contributed by atoms with van der Waals surface area (Å²) in [6, 6.07) is 4.86. The van der Waals surface area contributed by atoms with E-state index < -0.39 is 4.92 Å². The SMILES string of the molecule is COC1CCCC(Oc2ccc(CCl)cc2[N+](=O)[O-])C1. The summed E-state index contributed by atoms with van der Waals surface area (Å²) in [4.78, 5) is 10.7. The fraction of sp³-hybridized carbons (Fsp3) is 0.571. The lowest BCUT2D eigenvalue weighted by Gasteiger charge is -2.28. The molecular weight excluding hydrogens is 282 g/mol. The van der Waals surface area contributed by atoms with Gasteiger partial charge in [-0.05, 0) is 30.9 Å². The van der Waals surface area contributed by atoms with Crippen LogP contribution in [0.25, 0.3) is 0 Å². The number of hydrogen-bond donors (Lipinski definition) is 0. The van der Waals surface area contributed by atoms with Crippen LogP contribution in [-0.2, 0) is 10.6 Å². The highest BCUT2D eigenvalue weighted by molar-refractivity contribution is 6.17. The van der Waals surface area contributed by atoms with E-state index in [2.05, 4.69) is 0 Å². The molecule has 2 unspecified atom stereocenters. The van der Waals surface area contributed by atoms with Crippen molar-refractivity contribution in [2.24, 2.45) is 0 Å². The molecule has 0 saturated heterocycles. The molecule has 0 amide bonds. The van der Waals surface area contributed by atoms with Crippen molar-refractivity contribution in [3.8, 4) is 5.75 Å². The number of alkyl halides is 1. The van der Waals surface area contributed by atoms with Crippen LogP contribution >= 0.6 is 11.6 Å². The molecule has 110 valence electrons. The maximum Gasteiger partial charge on any atom is 0.311 e. The molecule has 1 fully saturated rings. The number of rotatable bonds is 5. The minimum atomic E-state index is -0.429. The van der Waals surface area contributed by atoms with E-state index in [-0.39, 0.29) is 23.8 Å². The minimum absolute atomic E-state index is 0.0253. The molecule has 0 spiro atoms. The maximum absolute atomic E-state index is 11.1. The second-order valence-electron chi connectivity index (χ2n) is 4.96. The Bertz CT molecular complexity index is 480. The first-order valence-electron chi connectivity index (χ1n) is 6.66. The van der Waals surface area contributed by atoms with Crippen molar-refractivity contribution in [1.82, 2.24) is 0 Å². The first kappa shape index (κ1) is 15.1. The Morgan fingerprint density at radius 2 is 2.15 bits per heavy atom. The molecule has 20 heavy (non-hydrogen) atoms. The van der Waals surface area contributed by atoms with Gasteiger partial charge in [-0.15, -0.1) is 11.6 Å². The normalized spacial score (nSPS) is 22.5. The van der Waals surface area contributed by atoms with E-state index in [4.69, 9.17) is 21.1 Å². The Morgan fingerprint density at radius 1 is 1.40 bits per heavy atom. The van der Waals surface area contributed by atoms with E-state index in [1.165, 1.54) is 6.07 Å².